The molecule has 0 spiro atoms. The van der Waals surface area contributed by atoms with Gasteiger partial charge in [-0.05, 0) is 36.8 Å². The van der Waals surface area contributed by atoms with Gasteiger partial charge in [0.15, 0.2) is 18.2 Å². The van der Waals surface area contributed by atoms with E-state index in [4.69, 9.17) is 9.47 Å². The van der Waals surface area contributed by atoms with E-state index in [1.165, 1.54) is 25.3 Å². The van der Waals surface area contributed by atoms with Crippen LogP contribution in [-0.2, 0) is 4.79 Å². The molecule has 2 aromatic rings. The third kappa shape index (κ3) is 4.45. The molecule has 126 valence electrons. The van der Waals surface area contributed by atoms with Gasteiger partial charge >= 0.3 is 0 Å². The van der Waals surface area contributed by atoms with Crippen LogP contribution in [0.4, 0.5) is 4.39 Å². The molecule has 0 fully saturated rings. The molecular formula is C17H17FN2O4. The van der Waals surface area contributed by atoms with Crippen molar-refractivity contribution in [3.05, 3.63) is 59.4 Å². The van der Waals surface area contributed by atoms with Gasteiger partial charge in [-0.1, -0.05) is 18.2 Å². The molecule has 24 heavy (non-hydrogen) atoms. The zero-order valence-electron chi connectivity index (χ0n) is 13.3. The van der Waals surface area contributed by atoms with Crippen molar-refractivity contribution in [2.24, 2.45) is 0 Å². The fourth-order valence-electron chi connectivity index (χ4n) is 1.90. The number of carbonyl (C=O) groups is 2. The van der Waals surface area contributed by atoms with Crippen LogP contribution in [0, 0.1) is 12.7 Å². The van der Waals surface area contributed by atoms with Crippen molar-refractivity contribution in [2.75, 3.05) is 13.7 Å². The molecule has 0 aliphatic carbocycles. The Hall–Kier alpha value is -3.09. The lowest BCUT2D eigenvalue weighted by atomic mass is 10.1. The number of halogens is 1. The molecule has 2 amide bonds. The van der Waals surface area contributed by atoms with Gasteiger partial charge in [-0.3, -0.25) is 20.4 Å². The first-order valence-corrected chi connectivity index (χ1v) is 7.12. The van der Waals surface area contributed by atoms with Crippen LogP contribution >= 0.6 is 0 Å². The number of carbonyl (C=O) groups excluding carboxylic acids is 2. The summed E-state index contributed by atoms with van der Waals surface area (Å²) >= 11 is 0. The van der Waals surface area contributed by atoms with Gasteiger partial charge in [-0.25, -0.2) is 4.39 Å². The molecule has 0 aliphatic rings. The summed E-state index contributed by atoms with van der Waals surface area (Å²) in [5.41, 5.74) is 5.66. The smallest absolute Gasteiger partial charge is 0.276 e. The number of hydrogen-bond donors (Lipinski definition) is 2. The van der Waals surface area contributed by atoms with Crippen molar-refractivity contribution < 1.29 is 23.5 Å². The predicted molar refractivity (Wildman–Crippen MR) is 85.2 cm³/mol. The second-order valence-corrected chi connectivity index (χ2v) is 4.91. The minimum Gasteiger partial charge on any atom is -0.496 e. The van der Waals surface area contributed by atoms with Crippen LogP contribution < -0.4 is 20.3 Å². The monoisotopic (exact) mass is 332 g/mol. The molecule has 0 heterocycles. The van der Waals surface area contributed by atoms with E-state index < -0.39 is 24.2 Å². The molecule has 0 atom stereocenters. The maximum absolute atomic E-state index is 13.3. The number of aryl methyl sites for hydroxylation is 1. The summed E-state index contributed by atoms with van der Waals surface area (Å²) in [5.74, 6) is -1.17. The van der Waals surface area contributed by atoms with E-state index in [1.807, 2.05) is 6.92 Å². The normalized spacial score (nSPS) is 9.96. The average Bonchev–Trinajstić information content (AvgIpc) is 2.59. The molecule has 0 bridgehead atoms. The first-order chi connectivity index (χ1) is 11.5. The Bertz CT molecular complexity index is 749. The Morgan fingerprint density at radius 1 is 1.08 bits per heavy atom. The highest BCUT2D eigenvalue weighted by Crippen LogP contribution is 2.18. The Morgan fingerprint density at radius 2 is 1.83 bits per heavy atom. The van der Waals surface area contributed by atoms with Crippen molar-refractivity contribution >= 4 is 11.8 Å². The molecule has 2 N–H and O–H groups in total. The molecule has 0 unspecified atom stereocenters. The third-order valence-electron chi connectivity index (χ3n) is 3.18. The van der Waals surface area contributed by atoms with Crippen LogP contribution in [0.5, 0.6) is 11.5 Å². The molecule has 2 rings (SSSR count). The molecular weight excluding hydrogens is 315 g/mol. The highest BCUT2D eigenvalue weighted by molar-refractivity contribution is 5.95. The minimum absolute atomic E-state index is 0.0396. The Morgan fingerprint density at radius 3 is 2.54 bits per heavy atom. The Balaban J connectivity index is 1.85. The van der Waals surface area contributed by atoms with Gasteiger partial charge in [-0.2, -0.15) is 0 Å². The van der Waals surface area contributed by atoms with E-state index in [9.17, 15) is 14.0 Å². The van der Waals surface area contributed by atoms with E-state index in [0.717, 1.165) is 5.56 Å². The number of methoxy groups -OCH3 is 1. The molecule has 7 heteroatoms. The van der Waals surface area contributed by atoms with Crippen molar-refractivity contribution in [2.45, 2.75) is 6.92 Å². The molecule has 6 nitrogen and oxygen atoms in total. The van der Waals surface area contributed by atoms with Crippen LogP contribution in [0.25, 0.3) is 0 Å². The fraction of sp³-hybridized carbons (Fsp3) is 0.176. The summed E-state index contributed by atoms with van der Waals surface area (Å²) in [7, 11) is 1.51. The number of ether oxygens (including phenoxy) is 2. The van der Waals surface area contributed by atoms with Gasteiger partial charge in [-0.15, -0.1) is 0 Å². The SMILES string of the molecule is COc1cc(C(=O)NNC(=O)COc2ccccc2F)ccc1C. The lowest BCUT2D eigenvalue weighted by molar-refractivity contribution is -0.123. The fourth-order valence-corrected chi connectivity index (χ4v) is 1.90. The van der Waals surface area contributed by atoms with Gasteiger partial charge in [0, 0.05) is 5.56 Å². The predicted octanol–water partition coefficient (Wildman–Crippen LogP) is 1.98. The maximum Gasteiger partial charge on any atom is 0.276 e. The van der Waals surface area contributed by atoms with E-state index in [1.54, 1.807) is 24.3 Å². The van der Waals surface area contributed by atoms with Crippen LogP contribution in [0.1, 0.15) is 15.9 Å². The third-order valence-corrected chi connectivity index (χ3v) is 3.18. The van der Waals surface area contributed by atoms with E-state index >= 15 is 0 Å². The molecule has 0 aromatic heterocycles. The van der Waals surface area contributed by atoms with Crippen molar-refractivity contribution in [3.8, 4) is 11.5 Å². The maximum atomic E-state index is 13.3. The topological polar surface area (TPSA) is 76.7 Å². The number of hydrogen-bond acceptors (Lipinski definition) is 4. The summed E-state index contributed by atoms with van der Waals surface area (Å²) in [6.07, 6.45) is 0. The highest BCUT2D eigenvalue weighted by Gasteiger charge is 2.11. The standard InChI is InChI=1S/C17H17FN2O4/c1-11-7-8-12(9-15(11)23-2)17(22)20-19-16(21)10-24-14-6-4-3-5-13(14)18/h3-9H,10H2,1-2H3,(H,19,21)(H,20,22). The quantitative estimate of drug-likeness (QED) is 0.821. The Kier molecular flexibility index (Phi) is 5.73. The van der Waals surface area contributed by atoms with E-state index in [2.05, 4.69) is 10.9 Å². The van der Waals surface area contributed by atoms with Crippen LogP contribution in [0.15, 0.2) is 42.5 Å². The largest absolute Gasteiger partial charge is 0.496 e. The van der Waals surface area contributed by atoms with E-state index in [-0.39, 0.29) is 5.75 Å². The van der Waals surface area contributed by atoms with Gasteiger partial charge in [0.05, 0.1) is 7.11 Å². The second kappa shape index (κ2) is 7.96. The first kappa shape index (κ1) is 17.3. The van der Waals surface area contributed by atoms with Crippen molar-refractivity contribution in [3.63, 3.8) is 0 Å². The lowest BCUT2D eigenvalue weighted by Crippen LogP contribution is -2.43. The van der Waals surface area contributed by atoms with Gasteiger partial charge in [0.2, 0.25) is 0 Å². The summed E-state index contributed by atoms with van der Waals surface area (Å²) in [5, 5.41) is 0. The first-order valence-electron chi connectivity index (χ1n) is 7.12. The number of nitrogens with one attached hydrogen (secondary N) is 2. The summed E-state index contributed by atoms with van der Waals surface area (Å²) in [6, 6.07) is 10.6. The summed E-state index contributed by atoms with van der Waals surface area (Å²) in [4.78, 5) is 23.6. The molecule has 0 saturated heterocycles. The summed E-state index contributed by atoms with van der Waals surface area (Å²) < 4.78 is 23.5. The van der Waals surface area contributed by atoms with Gasteiger partial charge in [0.25, 0.3) is 11.8 Å². The lowest BCUT2D eigenvalue weighted by Gasteiger charge is -2.10. The minimum atomic E-state index is -0.620. The van der Waals surface area contributed by atoms with Crippen LogP contribution in [-0.4, -0.2) is 25.5 Å². The number of benzene rings is 2. The summed E-state index contributed by atoms with van der Waals surface area (Å²) in [6.45, 7) is 1.42. The number of hydrazine groups is 1. The van der Waals surface area contributed by atoms with Crippen molar-refractivity contribution in [1.29, 1.82) is 0 Å². The molecule has 0 radical (unpaired) electrons. The van der Waals surface area contributed by atoms with Crippen LogP contribution in [0.3, 0.4) is 0 Å². The number of amides is 2. The second-order valence-electron chi connectivity index (χ2n) is 4.91. The average molecular weight is 332 g/mol. The molecule has 2 aromatic carbocycles. The van der Waals surface area contributed by atoms with Gasteiger partial charge < -0.3 is 9.47 Å². The Labute approximate surface area is 138 Å². The van der Waals surface area contributed by atoms with Crippen molar-refractivity contribution in [1.82, 2.24) is 10.9 Å². The van der Waals surface area contributed by atoms with Crippen LogP contribution in [0.2, 0.25) is 0 Å². The zero-order chi connectivity index (χ0) is 17.5. The molecule has 0 aliphatic heterocycles. The number of para-hydroxylation sites is 1. The molecule has 0 saturated carbocycles. The van der Waals surface area contributed by atoms with E-state index in [0.29, 0.717) is 11.3 Å². The highest BCUT2D eigenvalue weighted by atomic mass is 19.1. The zero-order valence-corrected chi connectivity index (χ0v) is 13.3. The number of rotatable bonds is 5. The van der Waals surface area contributed by atoms with Gasteiger partial charge in [0.1, 0.15) is 5.75 Å².